The first-order chi connectivity index (χ1) is 10.1. The van der Waals surface area contributed by atoms with E-state index in [0.29, 0.717) is 18.7 Å². The Labute approximate surface area is 128 Å². The van der Waals surface area contributed by atoms with Gasteiger partial charge < -0.3 is 15.7 Å². The number of benzene rings is 2. The summed E-state index contributed by atoms with van der Waals surface area (Å²) in [7, 11) is 0. The van der Waals surface area contributed by atoms with E-state index in [1.807, 2.05) is 35.2 Å². The van der Waals surface area contributed by atoms with Gasteiger partial charge in [0.25, 0.3) is 0 Å². The number of halogens is 1. The molecule has 110 valence electrons. The molecule has 2 aromatic carbocycles. The van der Waals surface area contributed by atoms with Crippen LogP contribution in [0.5, 0.6) is 0 Å². The molecule has 0 aliphatic rings. The highest BCUT2D eigenvalue weighted by molar-refractivity contribution is 7.80. The lowest BCUT2D eigenvalue weighted by molar-refractivity contribution is 0.301. The monoisotopic (exact) mass is 304 g/mol. The number of hydrogen-bond acceptors (Lipinski definition) is 3. The van der Waals surface area contributed by atoms with Crippen LogP contribution in [0, 0.1) is 5.82 Å². The highest BCUT2D eigenvalue weighted by atomic mass is 32.1. The summed E-state index contributed by atoms with van der Waals surface area (Å²) in [5.41, 5.74) is 7.98. The minimum absolute atomic E-state index is 0.0129. The number of anilines is 1. The van der Waals surface area contributed by atoms with Gasteiger partial charge in [-0.25, -0.2) is 4.39 Å². The molecule has 0 unspecified atom stereocenters. The van der Waals surface area contributed by atoms with Gasteiger partial charge in [-0.2, -0.15) is 0 Å². The molecule has 0 heterocycles. The normalized spacial score (nSPS) is 10.4. The van der Waals surface area contributed by atoms with E-state index >= 15 is 0 Å². The first kappa shape index (κ1) is 15.4. The van der Waals surface area contributed by atoms with Crippen molar-refractivity contribution in [3.63, 3.8) is 0 Å². The molecule has 3 nitrogen and oxygen atoms in total. The zero-order chi connectivity index (χ0) is 15.2. The highest BCUT2D eigenvalue weighted by Crippen LogP contribution is 2.23. The summed E-state index contributed by atoms with van der Waals surface area (Å²) in [6.45, 7) is 0.986. The zero-order valence-electron chi connectivity index (χ0n) is 11.5. The molecule has 0 spiro atoms. The Kier molecular flexibility index (Phi) is 5.25. The molecular formula is C16H17FN2OS. The van der Waals surface area contributed by atoms with Gasteiger partial charge in [0.1, 0.15) is 10.8 Å². The lowest BCUT2D eigenvalue weighted by atomic mass is 10.1. The van der Waals surface area contributed by atoms with Crippen molar-refractivity contribution >= 4 is 22.9 Å². The summed E-state index contributed by atoms with van der Waals surface area (Å²) in [5.74, 6) is -0.384. The third kappa shape index (κ3) is 4.00. The third-order valence-corrected chi connectivity index (χ3v) is 3.37. The Hall–Kier alpha value is -1.98. The second kappa shape index (κ2) is 7.15. The molecule has 2 rings (SSSR count). The van der Waals surface area contributed by atoms with E-state index in [0.717, 1.165) is 11.3 Å². The maximum absolute atomic E-state index is 13.4. The topological polar surface area (TPSA) is 49.5 Å². The lowest BCUT2D eigenvalue weighted by Gasteiger charge is -2.26. The van der Waals surface area contributed by atoms with Crippen LogP contribution in [0.25, 0.3) is 0 Å². The number of nitrogens with two attached hydrogens (primary N) is 1. The van der Waals surface area contributed by atoms with Gasteiger partial charge in [0, 0.05) is 24.3 Å². The fraction of sp³-hybridized carbons (Fsp3) is 0.188. The second-order valence-electron chi connectivity index (χ2n) is 4.66. The van der Waals surface area contributed by atoms with Crippen molar-refractivity contribution in [1.82, 2.24) is 0 Å². The van der Waals surface area contributed by atoms with E-state index in [2.05, 4.69) is 0 Å². The van der Waals surface area contributed by atoms with E-state index in [9.17, 15) is 9.50 Å². The predicted octanol–water partition coefficient (Wildman–Crippen LogP) is 2.46. The van der Waals surface area contributed by atoms with E-state index in [4.69, 9.17) is 18.0 Å². The van der Waals surface area contributed by atoms with Crippen molar-refractivity contribution in [3.8, 4) is 0 Å². The molecule has 21 heavy (non-hydrogen) atoms. The molecule has 0 saturated heterocycles. The van der Waals surface area contributed by atoms with Crippen molar-refractivity contribution in [2.75, 3.05) is 18.1 Å². The number of hydrogen-bond donors (Lipinski definition) is 2. The van der Waals surface area contributed by atoms with Gasteiger partial charge in [-0.15, -0.1) is 0 Å². The first-order valence-corrected chi connectivity index (χ1v) is 7.01. The Morgan fingerprint density at radius 1 is 1.19 bits per heavy atom. The maximum Gasteiger partial charge on any atom is 0.124 e. The summed E-state index contributed by atoms with van der Waals surface area (Å²) >= 11 is 5.00. The lowest BCUT2D eigenvalue weighted by Crippen LogP contribution is -2.28. The molecule has 0 amide bonds. The van der Waals surface area contributed by atoms with E-state index in [-0.39, 0.29) is 17.4 Å². The largest absolute Gasteiger partial charge is 0.395 e. The fourth-order valence-electron chi connectivity index (χ4n) is 2.19. The quantitative estimate of drug-likeness (QED) is 0.805. The molecule has 0 aliphatic carbocycles. The highest BCUT2D eigenvalue weighted by Gasteiger charge is 2.14. The molecule has 3 N–H and O–H groups in total. The Morgan fingerprint density at radius 2 is 1.90 bits per heavy atom. The molecule has 2 aromatic rings. The minimum atomic E-state index is -0.384. The number of aliphatic hydroxyl groups is 1. The van der Waals surface area contributed by atoms with Gasteiger partial charge >= 0.3 is 0 Å². The minimum Gasteiger partial charge on any atom is -0.395 e. The van der Waals surface area contributed by atoms with Crippen molar-refractivity contribution in [3.05, 3.63) is 65.5 Å². The number of aliphatic hydroxyl groups excluding tert-OH is 1. The zero-order valence-corrected chi connectivity index (χ0v) is 12.3. The van der Waals surface area contributed by atoms with Crippen LogP contribution in [0.2, 0.25) is 0 Å². The molecule has 5 heteroatoms. The van der Waals surface area contributed by atoms with Crippen LogP contribution in [0.15, 0.2) is 48.5 Å². The van der Waals surface area contributed by atoms with Gasteiger partial charge in [-0.05, 0) is 23.8 Å². The van der Waals surface area contributed by atoms with Crippen LogP contribution in [0.4, 0.5) is 10.1 Å². The van der Waals surface area contributed by atoms with Crippen molar-refractivity contribution in [2.24, 2.45) is 5.73 Å². The standard InChI is InChI=1S/C16H17FN2OS/c17-13-6-7-15(14(10-13)16(18)21)19(8-9-20)11-12-4-2-1-3-5-12/h1-7,10,20H,8-9,11H2,(H2,18,21). The van der Waals surface area contributed by atoms with Crippen LogP contribution < -0.4 is 10.6 Å². The first-order valence-electron chi connectivity index (χ1n) is 6.61. The van der Waals surface area contributed by atoms with Crippen LogP contribution in [-0.4, -0.2) is 23.2 Å². The molecule has 0 bridgehead atoms. The fourth-order valence-corrected chi connectivity index (χ4v) is 2.35. The average molecular weight is 304 g/mol. The summed E-state index contributed by atoms with van der Waals surface area (Å²) in [4.78, 5) is 2.07. The van der Waals surface area contributed by atoms with E-state index in [1.54, 1.807) is 6.07 Å². The summed E-state index contributed by atoms with van der Waals surface area (Å²) in [5, 5.41) is 9.28. The van der Waals surface area contributed by atoms with Gasteiger partial charge in [0.15, 0.2) is 0 Å². The summed E-state index contributed by atoms with van der Waals surface area (Å²) in [6.07, 6.45) is 0. The van der Waals surface area contributed by atoms with Crippen LogP contribution >= 0.6 is 12.2 Å². The van der Waals surface area contributed by atoms with Crippen molar-refractivity contribution in [2.45, 2.75) is 6.54 Å². The molecule has 0 aliphatic heterocycles. The van der Waals surface area contributed by atoms with Crippen LogP contribution in [0.3, 0.4) is 0 Å². The van der Waals surface area contributed by atoms with Crippen molar-refractivity contribution < 1.29 is 9.50 Å². The second-order valence-corrected chi connectivity index (χ2v) is 5.10. The maximum atomic E-state index is 13.4. The molecule has 0 saturated carbocycles. The average Bonchev–Trinajstić information content (AvgIpc) is 2.48. The van der Waals surface area contributed by atoms with Crippen LogP contribution in [-0.2, 0) is 6.54 Å². The number of rotatable bonds is 6. The van der Waals surface area contributed by atoms with Gasteiger partial charge in [-0.1, -0.05) is 42.5 Å². The SMILES string of the molecule is NC(=S)c1cc(F)ccc1N(CCO)Cc1ccccc1. The molecule has 0 aromatic heterocycles. The molecule has 0 radical (unpaired) electrons. The Morgan fingerprint density at radius 3 is 2.52 bits per heavy atom. The van der Waals surface area contributed by atoms with Crippen LogP contribution in [0.1, 0.15) is 11.1 Å². The van der Waals surface area contributed by atoms with Gasteiger partial charge in [0.05, 0.1) is 6.61 Å². The molecular weight excluding hydrogens is 287 g/mol. The van der Waals surface area contributed by atoms with Gasteiger partial charge in [-0.3, -0.25) is 0 Å². The third-order valence-electron chi connectivity index (χ3n) is 3.15. The van der Waals surface area contributed by atoms with Gasteiger partial charge in [0.2, 0.25) is 0 Å². The summed E-state index contributed by atoms with van der Waals surface area (Å²) < 4.78 is 13.4. The van der Waals surface area contributed by atoms with E-state index in [1.165, 1.54) is 12.1 Å². The summed E-state index contributed by atoms with van der Waals surface area (Å²) in [6, 6.07) is 14.2. The Bertz CT molecular complexity index is 619. The van der Waals surface area contributed by atoms with Crippen molar-refractivity contribution in [1.29, 1.82) is 0 Å². The Balaban J connectivity index is 2.36. The number of nitrogens with zero attached hydrogens (tertiary/aromatic N) is 1. The number of thiocarbonyl (C=S) groups is 1. The predicted molar refractivity (Wildman–Crippen MR) is 86.9 cm³/mol. The molecule has 0 fully saturated rings. The smallest absolute Gasteiger partial charge is 0.124 e. The molecule has 0 atom stereocenters. The van der Waals surface area contributed by atoms with E-state index < -0.39 is 0 Å².